The second-order valence-corrected chi connectivity index (χ2v) is 7.73. The summed E-state index contributed by atoms with van der Waals surface area (Å²) in [6.07, 6.45) is 4.52. The standard InChI is InChI=1S/C24H25ClN4O3/c1-2-3-14-28-22(26)21(23(31)27-24(28)32)29(16-18-8-5-4-6-9-18)20(30)13-12-17-10-7-11-19(25)15-17/h4-13,15H,2-3,14,16,26H2,1H3,(H,27,31,32)/b13-12+. The molecule has 0 atom stereocenters. The van der Waals surface area contributed by atoms with Gasteiger partial charge < -0.3 is 5.73 Å². The highest BCUT2D eigenvalue weighted by atomic mass is 35.5. The third kappa shape index (κ3) is 5.56. The molecule has 0 unspecified atom stereocenters. The molecule has 7 nitrogen and oxygen atoms in total. The Kier molecular flexibility index (Phi) is 7.68. The number of nitrogens with zero attached hydrogens (tertiary/aromatic N) is 2. The molecule has 3 N–H and O–H groups in total. The van der Waals surface area contributed by atoms with Crippen molar-refractivity contribution >= 4 is 35.1 Å². The van der Waals surface area contributed by atoms with Crippen molar-refractivity contribution in [3.8, 4) is 0 Å². The molecular weight excluding hydrogens is 428 g/mol. The van der Waals surface area contributed by atoms with Gasteiger partial charge in [0.15, 0.2) is 5.69 Å². The molecule has 2 aromatic carbocycles. The van der Waals surface area contributed by atoms with Gasteiger partial charge in [0.25, 0.3) is 11.5 Å². The highest BCUT2D eigenvalue weighted by Crippen LogP contribution is 2.21. The molecule has 0 aliphatic carbocycles. The van der Waals surface area contributed by atoms with Crippen LogP contribution in [-0.4, -0.2) is 15.5 Å². The van der Waals surface area contributed by atoms with Crippen molar-refractivity contribution in [3.05, 3.63) is 97.7 Å². The van der Waals surface area contributed by atoms with E-state index in [9.17, 15) is 14.4 Å². The zero-order valence-electron chi connectivity index (χ0n) is 17.8. The number of carbonyl (C=O) groups is 1. The molecule has 8 heteroatoms. The van der Waals surface area contributed by atoms with Crippen molar-refractivity contribution in [2.45, 2.75) is 32.9 Å². The van der Waals surface area contributed by atoms with Crippen LogP contribution in [0.4, 0.5) is 11.5 Å². The molecule has 0 aliphatic rings. The van der Waals surface area contributed by atoms with E-state index in [0.717, 1.165) is 17.5 Å². The first-order valence-electron chi connectivity index (χ1n) is 10.3. The summed E-state index contributed by atoms with van der Waals surface area (Å²) in [6, 6.07) is 16.3. The lowest BCUT2D eigenvalue weighted by atomic mass is 10.2. The van der Waals surface area contributed by atoms with Gasteiger partial charge in [-0.25, -0.2) is 4.79 Å². The number of H-pyrrole nitrogens is 1. The topological polar surface area (TPSA) is 101 Å². The largest absolute Gasteiger partial charge is 0.383 e. The van der Waals surface area contributed by atoms with Gasteiger partial charge in [-0.2, -0.15) is 0 Å². The molecule has 32 heavy (non-hydrogen) atoms. The highest BCUT2D eigenvalue weighted by Gasteiger charge is 2.23. The van der Waals surface area contributed by atoms with Crippen molar-refractivity contribution < 1.29 is 4.79 Å². The minimum absolute atomic E-state index is 0.0346. The molecule has 0 saturated heterocycles. The Morgan fingerprint density at radius 1 is 1.16 bits per heavy atom. The average Bonchev–Trinajstić information content (AvgIpc) is 2.77. The predicted octanol–water partition coefficient (Wildman–Crippen LogP) is 3.82. The predicted molar refractivity (Wildman–Crippen MR) is 129 cm³/mol. The van der Waals surface area contributed by atoms with Gasteiger partial charge in [-0.15, -0.1) is 0 Å². The minimum atomic E-state index is -0.708. The third-order valence-electron chi connectivity index (χ3n) is 4.94. The van der Waals surface area contributed by atoms with Gasteiger partial charge in [-0.1, -0.05) is 67.4 Å². The van der Waals surface area contributed by atoms with E-state index in [1.807, 2.05) is 43.3 Å². The number of anilines is 2. The quantitative estimate of drug-likeness (QED) is 0.507. The fourth-order valence-electron chi connectivity index (χ4n) is 3.28. The van der Waals surface area contributed by atoms with E-state index in [2.05, 4.69) is 4.98 Å². The molecule has 3 aromatic rings. The zero-order valence-corrected chi connectivity index (χ0v) is 18.5. The number of benzene rings is 2. The summed E-state index contributed by atoms with van der Waals surface area (Å²) < 4.78 is 1.30. The van der Waals surface area contributed by atoms with Gasteiger partial charge in [0.1, 0.15) is 5.82 Å². The number of hydrogen-bond acceptors (Lipinski definition) is 4. The molecule has 3 rings (SSSR count). The van der Waals surface area contributed by atoms with Crippen molar-refractivity contribution in [2.24, 2.45) is 0 Å². The summed E-state index contributed by atoms with van der Waals surface area (Å²) in [5.74, 6) is -0.487. The van der Waals surface area contributed by atoms with Gasteiger partial charge in [-0.3, -0.25) is 24.0 Å². The van der Waals surface area contributed by atoms with E-state index in [0.29, 0.717) is 18.0 Å². The Hall–Kier alpha value is -3.58. The van der Waals surface area contributed by atoms with Crippen molar-refractivity contribution in [1.29, 1.82) is 0 Å². The van der Waals surface area contributed by atoms with Gasteiger partial charge in [0.05, 0.1) is 6.54 Å². The Morgan fingerprint density at radius 3 is 2.59 bits per heavy atom. The van der Waals surface area contributed by atoms with Gasteiger partial charge in [-0.05, 0) is 35.8 Å². The normalized spacial score (nSPS) is 11.1. The number of carbonyl (C=O) groups excluding carboxylic acids is 1. The van der Waals surface area contributed by atoms with Gasteiger partial charge >= 0.3 is 5.69 Å². The molecule has 0 spiro atoms. The van der Waals surface area contributed by atoms with Crippen LogP contribution in [0.25, 0.3) is 6.08 Å². The van der Waals surface area contributed by atoms with Crippen LogP contribution in [0.5, 0.6) is 0 Å². The monoisotopic (exact) mass is 452 g/mol. The van der Waals surface area contributed by atoms with E-state index in [4.69, 9.17) is 17.3 Å². The molecule has 1 heterocycles. The van der Waals surface area contributed by atoms with Crippen molar-refractivity contribution in [3.63, 3.8) is 0 Å². The van der Waals surface area contributed by atoms with E-state index in [1.54, 1.807) is 24.3 Å². The Balaban J connectivity index is 2.06. The Bertz CT molecular complexity index is 1230. The van der Waals surface area contributed by atoms with Crippen LogP contribution in [0.1, 0.15) is 30.9 Å². The van der Waals surface area contributed by atoms with Crippen LogP contribution in [0.2, 0.25) is 5.02 Å². The first kappa shape index (κ1) is 23.1. The smallest absolute Gasteiger partial charge is 0.330 e. The maximum Gasteiger partial charge on any atom is 0.330 e. The molecule has 0 aliphatic heterocycles. The van der Waals surface area contributed by atoms with Crippen LogP contribution in [0.3, 0.4) is 0 Å². The molecule has 1 amide bonds. The van der Waals surface area contributed by atoms with Crippen molar-refractivity contribution in [2.75, 3.05) is 10.6 Å². The maximum absolute atomic E-state index is 13.2. The number of halogens is 1. The van der Waals surface area contributed by atoms with E-state index >= 15 is 0 Å². The lowest BCUT2D eigenvalue weighted by molar-refractivity contribution is -0.114. The molecule has 0 radical (unpaired) electrons. The van der Waals surface area contributed by atoms with Crippen LogP contribution >= 0.6 is 11.6 Å². The fraction of sp³-hybridized carbons (Fsp3) is 0.208. The SMILES string of the molecule is CCCCn1c(N)c(N(Cc2ccccc2)C(=O)/C=C/c2cccc(Cl)c2)c(=O)[nH]c1=O. The summed E-state index contributed by atoms with van der Waals surface area (Å²) in [7, 11) is 0. The number of unbranched alkanes of at least 4 members (excludes halogenated alkanes) is 1. The molecule has 0 saturated carbocycles. The first-order valence-corrected chi connectivity index (χ1v) is 10.7. The van der Waals surface area contributed by atoms with E-state index in [-0.39, 0.29) is 18.1 Å². The van der Waals surface area contributed by atoms with Gasteiger partial charge in [0.2, 0.25) is 0 Å². The minimum Gasteiger partial charge on any atom is -0.383 e. The fourth-order valence-corrected chi connectivity index (χ4v) is 3.48. The summed E-state index contributed by atoms with van der Waals surface area (Å²) in [6.45, 7) is 2.44. The van der Waals surface area contributed by atoms with Crippen LogP contribution < -0.4 is 21.9 Å². The molecule has 1 aromatic heterocycles. The van der Waals surface area contributed by atoms with Gasteiger partial charge in [0, 0.05) is 17.6 Å². The van der Waals surface area contributed by atoms with E-state index in [1.165, 1.54) is 15.5 Å². The lowest BCUT2D eigenvalue weighted by Crippen LogP contribution is -2.40. The number of amides is 1. The average molecular weight is 453 g/mol. The first-order chi connectivity index (χ1) is 15.4. The number of aromatic nitrogens is 2. The lowest BCUT2D eigenvalue weighted by Gasteiger charge is -2.23. The number of rotatable bonds is 8. The summed E-state index contributed by atoms with van der Waals surface area (Å²) >= 11 is 6.02. The molecule has 166 valence electrons. The van der Waals surface area contributed by atoms with Crippen LogP contribution in [0.15, 0.2) is 70.3 Å². The molecule has 0 bridgehead atoms. The number of nitrogen functional groups attached to an aromatic ring is 1. The second-order valence-electron chi connectivity index (χ2n) is 7.30. The molecule has 0 fully saturated rings. The Labute approximate surface area is 190 Å². The third-order valence-corrected chi connectivity index (χ3v) is 5.17. The van der Waals surface area contributed by atoms with Crippen LogP contribution in [0, 0.1) is 0 Å². The Morgan fingerprint density at radius 2 is 1.91 bits per heavy atom. The number of nitrogens with two attached hydrogens (primary N) is 1. The highest BCUT2D eigenvalue weighted by molar-refractivity contribution is 6.30. The molecular formula is C24H25ClN4O3. The summed E-state index contributed by atoms with van der Waals surface area (Å²) in [5.41, 5.74) is 6.45. The van der Waals surface area contributed by atoms with Crippen LogP contribution in [-0.2, 0) is 17.9 Å². The van der Waals surface area contributed by atoms with E-state index < -0.39 is 17.2 Å². The summed E-state index contributed by atoms with van der Waals surface area (Å²) in [5, 5.41) is 0.546. The zero-order chi connectivity index (χ0) is 23.1. The van der Waals surface area contributed by atoms with Crippen molar-refractivity contribution in [1.82, 2.24) is 9.55 Å². The number of nitrogens with one attached hydrogen (secondary N) is 1. The summed E-state index contributed by atoms with van der Waals surface area (Å²) in [4.78, 5) is 41.9. The number of hydrogen-bond donors (Lipinski definition) is 2. The second kappa shape index (κ2) is 10.6. The maximum atomic E-state index is 13.2. The number of aromatic amines is 1.